The molecule has 0 saturated heterocycles. The maximum atomic E-state index is 11.9. The maximum absolute atomic E-state index is 11.9. The Morgan fingerprint density at radius 1 is 1.08 bits per heavy atom. The number of rotatable bonds is 6. The van der Waals surface area contributed by atoms with Crippen molar-refractivity contribution in [1.29, 1.82) is 0 Å². The lowest BCUT2D eigenvalue weighted by molar-refractivity contribution is -0.124. The quantitative estimate of drug-likeness (QED) is 0.494. The van der Waals surface area contributed by atoms with Crippen molar-refractivity contribution >= 4 is 39.6 Å². The summed E-state index contributed by atoms with van der Waals surface area (Å²) >= 11 is 3.29. The summed E-state index contributed by atoms with van der Waals surface area (Å²) in [6.07, 6.45) is 1.40. The summed E-state index contributed by atoms with van der Waals surface area (Å²) in [5.74, 6) is -0.568. The summed E-state index contributed by atoms with van der Waals surface area (Å²) in [7, 11) is 0. The first-order valence-electron chi connectivity index (χ1n) is 8.02. The number of carbonyl (C=O) groups excluding carboxylic acids is 2. The smallest absolute Gasteiger partial charge is 0.240 e. The van der Waals surface area contributed by atoms with Gasteiger partial charge in [-0.25, -0.2) is 5.43 Å². The molecule has 2 aromatic carbocycles. The summed E-state index contributed by atoms with van der Waals surface area (Å²) in [6, 6.07) is 10.5. The molecule has 0 saturated carbocycles. The molecule has 3 N–H and O–H groups in total. The van der Waals surface area contributed by atoms with Crippen LogP contribution in [0.25, 0.3) is 0 Å². The predicted molar refractivity (Wildman–Crippen MR) is 105 cm³/mol. The van der Waals surface area contributed by atoms with Crippen molar-refractivity contribution in [3.8, 4) is 5.75 Å². The van der Waals surface area contributed by atoms with E-state index in [2.05, 4.69) is 31.8 Å². The summed E-state index contributed by atoms with van der Waals surface area (Å²) in [5, 5.41) is 16.2. The Hall–Kier alpha value is -2.67. The molecule has 6 nitrogen and oxygen atoms in total. The van der Waals surface area contributed by atoms with Gasteiger partial charge in [-0.3, -0.25) is 9.59 Å². The number of phenolic OH excluding ortho intramolecular Hbond substituents is 1. The lowest BCUT2D eigenvalue weighted by atomic mass is 10.1. The summed E-state index contributed by atoms with van der Waals surface area (Å²) in [5.41, 5.74) is 5.75. The van der Waals surface area contributed by atoms with E-state index in [1.165, 1.54) is 12.3 Å². The molecule has 0 atom stereocenters. The van der Waals surface area contributed by atoms with Crippen LogP contribution in [0.1, 0.15) is 29.5 Å². The molecular formula is C19H20BrN3O3. The highest BCUT2D eigenvalue weighted by Gasteiger charge is 2.07. The molecule has 0 heterocycles. The van der Waals surface area contributed by atoms with Crippen molar-refractivity contribution in [2.75, 3.05) is 5.32 Å². The number of nitrogens with one attached hydrogen (secondary N) is 2. The van der Waals surface area contributed by atoms with Crippen molar-refractivity contribution in [1.82, 2.24) is 5.43 Å². The number of hydrazone groups is 1. The first-order chi connectivity index (χ1) is 12.3. The molecule has 0 unspecified atom stereocenters. The maximum Gasteiger partial charge on any atom is 0.240 e. The minimum atomic E-state index is -0.383. The number of amides is 2. The van der Waals surface area contributed by atoms with E-state index in [1.54, 1.807) is 12.1 Å². The highest BCUT2D eigenvalue weighted by atomic mass is 79.9. The minimum absolute atomic E-state index is 0.0124. The highest BCUT2D eigenvalue weighted by Crippen LogP contribution is 2.20. The Morgan fingerprint density at radius 2 is 1.81 bits per heavy atom. The van der Waals surface area contributed by atoms with E-state index in [0.29, 0.717) is 11.3 Å². The molecule has 0 bridgehead atoms. The fraction of sp³-hybridized carbons (Fsp3) is 0.211. The zero-order chi connectivity index (χ0) is 19.1. The molecule has 7 heteroatoms. The van der Waals surface area contributed by atoms with Crippen LogP contribution >= 0.6 is 15.9 Å². The van der Waals surface area contributed by atoms with Crippen LogP contribution in [-0.2, 0) is 9.59 Å². The fourth-order valence-corrected chi connectivity index (χ4v) is 2.51. The number of hydrogen-bond acceptors (Lipinski definition) is 4. The van der Waals surface area contributed by atoms with Gasteiger partial charge in [-0.05, 0) is 55.3 Å². The van der Waals surface area contributed by atoms with E-state index in [-0.39, 0.29) is 30.4 Å². The van der Waals surface area contributed by atoms with Crippen LogP contribution in [0, 0.1) is 13.8 Å². The second kappa shape index (κ2) is 9.15. The molecular weight excluding hydrogens is 398 g/mol. The van der Waals surface area contributed by atoms with Crippen LogP contribution in [0.4, 0.5) is 5.69 Å². The average Bonchev–Trinajstić information content (AvgIpc) is 2.59. The van der Waals surface area contributed by atoms with Crippen molar-refractivity contribution in [3.63, 3.8) is 0 Å². The normalized spacial score (nSPS) is 10.7. The minimum Gasteiger partial charge on any atom is -0.507 e. The third-order valence-corrected chi connectivity index (χ3v) is 4.25. The predicted octanol–water partition coefficient (Wildman–Crippen LogP) is 3.64. The number of nitrogens with zero attached hydrogens (tertiary/aromatic N) is 1. The molecule has 2 aromatic rings. The van der Waals surface area contributed by atoms with Gasteiger partial charge in [-0.1, -0.05) is 22.0 Å². The Morgan fingerprint density at radius 3 is 2.54 bits per heavy atom. The molecule has 0 aromatic heterocycles. The van der Waals surface area contributed by atoms with Gasteiger partial charge in [-0.2, -0.15) is 5.10 Å². The summed E-state index contributed by atoms with van der Waals surface area (Å²) in [4.78, 5) is 23.7. The van der Waals surface area contributed by atoms with Gasteiger partial charge in [0.1, 0.15) is 5.75 Å². The van der Waals surface area contributed by atoms with Crippen LogP contribution in [0.2, 0.25) is 0 Å². The van der Waals surface area contributed by atoms with Crippen molar-refractivity contribution in [2.24, 2.45) is 5.10 Å². The van der Waals surface area contributed by atoms with Crippen molar-refractivity contribution in [2.45, 2.75) is 26.7 Å². The van der Waals surface area contributed by atoms with Gasteiger partial charge in [-0.15, -0.1) is 0 Å². The van der Waals surface area contributed by atoms with Crippen LogP contribution in [0.15, 0.2) is 46.0 Å². The molecule has 0 fully saturated rings. The molecule has 0 spiro atoms. The number of carbonyl (C=O) groups is 2. The molecule has 26 heavy (non-hydrogen) atoms. The highest BCUT2D eigenvalue weighted by molar-refractivity contribution is 9.10. The number of phenols is 1. The summed E-state index contributed by atoms with van der Waals surface area (Å²) < 4.78 is 0.783. The van der Waals surface area contributed by atoms with Gasteiger partial charge in [0.15, 0.2) is 0 Å². The average molecular weight is 418 g/mol. The number of hydrogen-bond donors (Lipinski definition) is 3. The largest absolute Gasteiger partial charge is 0.507 e. The standard InChI is InChI=1S/C19H20BrN3O3/c1-12-3-5-16(9-13(12)2)22-18(25)7-8-19(26)23-21-11-14-10-15(20)4-6-17(14)24/h3-6,9-11,24H,7-8H2,1-2H3,(H,22,25)(H,23,26). The first kappa shape index (κ1) is 19.7. The number of anilines is 1. The van der Waals surface area contributed by atoms with E-state index in [1.807, 2.05) is 32.0 Å². The Kier molecular flexibility index (Phi) is 6.91. The van der Waals surface area contributed by atoms with Gasteiger partial charge < -0.3 is 10.4 Å². The Labute approximate surface area is 160 Å². The van der Waals surface area contributed by atoms with E-state index in [0.717, 1.165) is 15.6 Å². The number of aryl methyl sites for hydroxylation is 2. The van der Waals surface area contributed by atoms with Crippen molar-refractivity contribution < 1.29 is 14.7 Å². The Balaban J connectivity index is 1.79. The zero-order valence-electron chi connectivity index (χ0n) is 14.5. The Bertz CT molecular complexity index is 850. The van der Waals surface area contributed by atoms with Crippen LogP contribution < -0.4 is 10.7 Å². The number of halogens is 1. The van der Waals surface area contributed by atoms with Crippen LogP contribution in [-0.4, -0.2) is 23.1 Å². The van der Waals surface area contributed by atoms with Gasteiger partial charge in [0.2, 0.25) is 11.8 Å². The second-order valence-electron chi connectivity index (χ2n) is 5.84. The molecule has 2 amide bonds. The first-order valence-corrected chi connectivity index (χ1v) is 8.82. The third-order valence-electron chi connectivity index (χ3n) is 3.75. The van der Waals surface area contributed by atoms with E-state index in [9.17, 15) is 14.7 Å². The van der Waals surface area contributed by atoms with Gasteiger partial charge in [0.25, 0.3) is 0 Å². The molecule has 0 aliphatic rings. The molecule has 0 radical (unpaired) electrons. The molecule has 136 valence electrons. The lowest BCUT2D eigenvalue weighted by Crippen LogP contribution is -2.20. The fourth-order valence-electron chi connectivity index (χ4n) is 2.13. The third kappa shape index (κ3) is 6.00. The monoisotopic (exact) mass is 417 g/mol. The second-order valence-corrected chi connectivity index (χ2v) is 6.76. The van der Waals surface area contributed by atoms with Crippen molar-refractivity contribution in [3.05, 3.63) is 57.6 Å². The zero-order valence-corrected chi connectivity index (χ0v) is 16.1. The summed E-state index contributed by atoms with van der Waals surface area (Å²) in [6.45, 7) is 3.97. The van der Waals surface area contributed by atoms with Crippen LogP contribution in [0.3, 0.4) is 0 Å². The van der Waals surface area contributed by atoms with E-state index < -0.39 is 0 Å². The van der Waals surface area contributed by atoms with Gasteiger partial charge >= 0.3 is 0 Å². The topological polar surface area (TPSA) is 90.8 Å². The van der Waals surface area contributed by atoms with Gasteiger partial charge in [0, 0.05) is 28.6 Å². The van der Waals surface area contributed by atoms with Gasteiger partial charge in [0.05, 0.1) is 6.21 Å². The van der Waals surface area contributed by atoms with E-state index in [4.69, 9.17) is 0 Å². The number of benzene rings is 2. The molecule has 0 aliphatic carbocycles. The molecule has 0 aliphatic heterocycles. The van der Waals surface area contributed by atoms with E-state index >= 15 is 0 Å². The molecule has 2 rings (SSSR count). The number of aromatic hydroxyl groups is 1. The van der Waals surface area contributed by atoms with Crippen LogP contribution in [0.5, 0.6) is 5.75 Å². The lowest BCUT2D eigenvalue weighted by Gasteiger charge is -2.07. The SMILES string of the molecule is Cc1ccc(NC(=O)CCC(=O)NN=Cc2cc(Br)ccc2O)cc1C.